The molecule has 2 bridgehead atoms. The third-order valence-corrected chi connectivity index (χ3v) is 8.30. The number of ether oxygens (including phenoxy) is 2. The highest BCUT2D eigenvalue weighted by Crippen LogP contribution is 2.29. The van der Waals surface area contributed by atoms with Crippen LogP contribution in [0.3, 0.4) is 0 Å². The summed E-state index contributed by atoms with van der Waals surface area (Å²) in [7, 11) is 0. The minimum atomic E-state index is 0. The van der Waals surface area contributed by atoms with Gasteiger partial charge in [0.25, 0.3) is 0 Å². The summed E-state index contributed by atoms with van der Waals surface area (Å²) >= 11 is 0. The van der Waals surface area contributed by atoms with E-state index in [-0.39, 0.29) is 60.9 Å². The highest BCUT2D eigenvalue weighted by molar-refractivity contribution is 5.86. The number of amides is 2. The Morgan fingerprint density at radius 2 is 1.76 bits per heavy atom. The van der Waals surface area contributed by atoms with Crippen molar-refractivity contribution in [1.29, 1.82) is 0 Å². The molecule has 2 amide bonds. The van der Waals surface area contributed by atoms with Gasteiger partial charge >= 0.3 is 0 Å². The van der Waals surface area contributed by atoms with Crippen LogP contribution in [0.5, 0.6) is 5.75 Å². The Labute approximate surface area is 268 Å². The predicted molar refractivity (Wildman–Crippen MR) is 173 cm³/mol. The minimum Gasteiger partial charge on any atom is -0.489 e. The van der Waals surface area contributed by atoms with E-state index in [4.69, 9.17) is 9.47 Å². The summed E-state index contributed by atoms with van der Waals surface area (Å²) in [6, 6.07) is 6.37. The van der Waals surface area contributed by atoms with Gasteiger partial charge in [-0.1, -0.05) is 12.2 Å². The van der Waals surface area contributed by atoms with Crippen LogP contribution in [0.4, 0.5) is 5.69 Å². The summed E-state index contributed by atoms with van der Waals surface area (Å²) in [6.07, 6.45) is 5.52. The number of carbonyl (C=O) groups is 2. The van der Waals surface area contributed by atoms with Gasteiger partial charge in [-0.25, -0.2) is 0 Å². The maximum absolute atomic E-state index is 13.1. The molecule has 10 nitrogen and oxygen atoms in total. The Kier molecular flexibility index (Phi) is 16.3. The predicted octanol–water partition coefficient (Wildman–Crippen LogP) is 1.70. The number of nitrogens with zero attached hydrogens (tertiary/aromatic N) is 3. The second-order valence-corrected chi connectivity index (χ2v) is 10.9. The van der Waals surface area contributed by atoms with Gasteiger partial charge in [-0.3, -0.25) is 14.5 Å². The minimum absolute atomic E-state index is 0. The van der Waals surface area contributed by atoms with E-state index in [1.807, 2.05) is 4.90 Å². The normalized spacial score (nSPS) is 23.3. The number of piperidine rings is 1. The summed E-state index contributed by atoms with van der Waals surface area (Å²) in [5.74, 6) is 1.39. The number of morpholine rings is 1. The zero-order valence-corrected chi connectivity index (χ0v) is 26.7. The number of hydrogen-bond donors (Lipinski definition) is 3. The van der Waals surface area contributed by atoms with Gasteiger partial charge < -0.3 is 35.2 Å². The Morgan fingerprint density at radius 3 is 2.55 bits per heavy atom. The van der Waals surface area contributed by atoms with Gasteiger partial charge in [0.15, 0.2) is 0 Å². The lowest BCUT2D eigenvalue weighted by molar-refractivity contribution is -0.132. The molecule has 0 unspecified atom stereocenters. The number of hydrogen-bond acceptors (Lipinski definition) is 8. The number of rotatable bonds is 6. The van der Waals surface area contributed by atoms with Gasteiger partial charge in [0.05, 0.1) is 19.8 Å². The second-order valence-electron chi connectivity index (χ2n) is 10.9. The fraction of sp³-hybridized carbons (Fsp3) is 0.655. The molecule has 3 N–H and O–H groups in total. The van der Waals surface area contributed by atoms with Crippen molar-refractivity contribution in [3.05, 3.63) is 35.9 Å². The van der Waals surface area contributed by atoms with Crippen molar-refractivity contribution in [2.45, 2.75) is 19.4 Å². The molecule has 0 aromatic heterocycles. The van der Waals surface area contributed by atoms with Crippen molar-refractivity contribution in [3.8, 4) is 5.75 Å². The number of halogens is 3. The van der Waals surface area contributed by atoms with Gasteiger partial charge in [0, 0.05) is 89.7 Å². The number of piperazine rings is 1. The third kappa shape index (κ3) is 10.4. The van der Waals surface area contributed by atoms with E-state index in [0.29, 0.717) is 45.8 Å². The highest BCUT2D eigenvalue weighted by atomic mass is 35.5. The molecule has 0 spiro atoms. The first-order valence-corrected chi connectivity index (χ1v) is 14.6. The number of benzene rings is 1. The summed E-state index contributed by atoms with van der Waals surface area (Å²) < 4.78 is 11.6. The van der Waals surface area contributed by atoms with Crippen LogP contribution in [-0.4, -0.2) is 113 Å². The molecule has 0 radical (unpaired) electrons. The molecule has 13 heteroatoms. The molecule has 3 fully saturated rings. The van der Waals surface area contributed by atoms with Crippen molar-refractivity contribution in [3.63, 3.8) is 0 Å². The average Bonchev–Trinajstić information content (AvgIpc) is 2.98. The molecule has 238 valence electrons. The van der Waals surface area contributed by atoms with Crippen LogP contribution in [-0.2, 0) is 20.9 Å². The maximum Gasteiger partial charge on any atom is 0.236 e. The van der Waals surface area contributed by atoms with Gasteiger partial charge in [0.1, 0.15) is 12.4 Å². The van der Waals surface area contributed by atoms with Crippen molar-refractivity contribution >= 4 is 54.7 Å². The lowest BCUT2D eigenvalue weighted by Crippen LogP contribution is -2.47. The molecule has 2 atom stereocenters. The monoisotopic (exact) mass is 648 g/mol. The lowest BCUT2D eigenvalue weighted by Gasteiger charge is -2.37. The SMILES string of the molecule is Cl.Cl.Cl.O=C(C[C@@H]1CCN2C[C@@H]1C=CCOc1ccc(N3CCNCC3)cc1CNCC2=O)NCCN1CCOCC1. The Hall–Kier alpha value is -1.79. The topological polar surface area (TPSA) is 98.4 Å². The molecule has 1 aromatic carbocycles. The molecule has 3 saturated heterocycles. The summed E-state index contributed by atoms with van der Waals surface area (Å²) in [5.41, 5.74) is 2.26. The van der Waals surface area contributed by atoms with Crippen LogP contribution in [0.15, 0.2) is 30.4 Å². The van der Waals surface area contributed by atoms with E-state index >= 15 is 0 Å². The molecule has 0 saturated carbocycles. The number of fused-ring (bicyclic) bond motifs is 3. The van der Waals surface area contributed by atoms with Crippen molar-refractivity contribution < 1.29 is 19.1 Å². The number of carbonyl (C=O) groups excluding carboxylic acids is 2. The zero-order chi connectivity index (χ0) is 26.9. The Bertz CT molecular complexity index is 1010. The fourth-order valence-electron chi connectivity index (χ4n) is 5.97. The molecule has 4 heterocycles. The van der Waals surface area contributed by atoms with Crippen LogP contribution >= 0.6 is 37.2 Å². The Balaban J connectivity index is 0.00000205. The average molecular weight is 650 g/mol. The van der Waals surface area contributed by atoms with Gasteiger partial charge in [-0.15, -0.1) is 37.2 Å². The van der Waals surface area contributed by atoms with E-state index in [1.54, 1.807) is 0 Å². The first-order valence-electron chi connectivity index (χ1n) is 14.6. The van der Waals surface area contributed by atoms with E-state index in [1.165, 1.54) is 5.69 Å². The van der Waals surface area contributed by atoms with Crippen LogP contribution in [0, 0.1) is 11.8 Å². The molecule has 4 aliphatic rings. The highest BCUT2D eigenvalue weighted by Gasteiger charge is 2.31. The van der Waals surface area contributed by atoms with Gasteiger partial charge in [-0.2, -0.15) is 0 Å². The molecule has 42 heavy (non-hydrogen) atoms. The summed E-state index contributed by atoms with van der Waals surface area (Å²) in [4.78, 5) is 32.5. The van der Waals surface area contributed by atoms with Gasteiger partial charge in [0.2, 0.25) is 11.8 Å². The van der Waals surface area contributed by atoms with E-state index in [2.05, 4.69) is 56.1 Å². The maximum atomic E-state index is 13.1. The van der Waals surface area contributed by atoms with Crippen LogP contribution < -0.4 is 25.6 Å². The Morgan fingerprint density at radius 1 is 0.976 bits per heavy atom. The third-order valence-electron chi connectivity index (χ3n) is 8.30. The van der Waals surface area contributed by atoms with Gasteiger partial charge in [-0.05, 0) is 36.5 Å². The van der Waals surface area contributed by atoms with Crippen LogP contribution in [0.2, 0.25) is 0 Å². The van der Waals surface area contributed by atoms with Crippen molar-refractivity contribution in [2.24, 2.45) is 11.8 Å². The first kappa shape index (κ1) is 36.4. The first-order chi connectivity index (χ1) is 19.2. The van der Waals surface area contributed by atoms with E-state index < -0.39 is 0 Å². The molecule has 0 aliphatic carbocycles. The molecule has 5 rings (SSSR count). The van der Waals surface area contributed by atoms with Crippen LogP contribution in [0.25, 0.3) is 0 Å². The summed E-state index contributed by atoms with van der Waals surface area (Å²) in [6.45, 7) is 11.5. The largest absolute Gasteiger partial charge is 0.489 e. The molecule has 4 aliphatic heterocycles. The smallest absolute Gasteiger partial charge is 0.236 e. The molecule has 1 aromatic rings. The second kappa shape index (κ2) is 18.8. The quantitative estimate of drug-likeness (QED) is 0.401. The van der Waals surface area contributed by atoms with Crippen molar-refractivity contribution in [2.75, 3.05) is 96.7 Å². The lowest BCUT2D eigenvalue weighted by atomic mass is 9.82. The van der Waals surface area contributed by atoms with E-state index in [0.717, 1.165) is 76.8 Å². The zero-order valence-electron chi connectivity index (χ0n) is 24.3. The standard InChI is InChI=1S/C29H44N6O4.3ClH/c36-28(32-8-10-33-13-16-38-17-14-33)19-23-5-9-35-22-24(23)2-1-15-39-27-4-3-26(34-11-6-30-7-12-34)18-25(27)20-31-21-29(35)37;;;/h1-4,18,23-24,30-31H,5-17,19-22H2,(H,32,36);3*1H/t23-,24-;;;/m0.../s1. The molecular weight excluding hydrogens is 603 g/mol. The number of nitrogens with one attached hydrogen (secondary N) is 3. The van der Waals surface area contributed by atoms with E-state index in [9.17, 15) is 9.59 Å². The fourth-order valence-corrected chi connectivity index (χ4v) is 5.97. The van der Waals surface area contributed by atoms with Crippen molar-refractivity contribution in [1.82, 2.24) is 25.8 Å². The molecular formula is C29H47Cl3N6O4. The number of anilines is 1. The van der Waals surface area contributed by atoms with Crippen LogP contribution in [0.1, 0.15) is 18.4 Å². The summed E-state index contributed by atoms with van der Waals surface area (Å²) in [5, 5.41) is 9.87.